The summed E-state index contributed by atoms with van der Waals surface area (Å²) in [4.78, 5) is 52.3. The van der Waals surface area contributed by atoms with Crippen molar-refractivity contribution < 1.29 is 23.9 Å². The Hall–Kier alpha value is -2.90. The number of rotatable bonds is 4. The molecule has 1 fully saturated rings. The van der Waals surface area contributed by atoms with Crippen molar-refractivity contribution in [3.63, 3.8) is 0 Å². The predicted molar refractivity (Wildman–Crippen MR) is 103 cm³/mol. The summed E-state index contributed by atoms with van der Waals surface area (Å²) in [7, 11) is 0. The molecule has 2 aliphatic heterocycles. The second-order valence-electron chi connectivity index (χ2n) is 7.53. The fraction of sp³-hybridized carbons (Fsp3) is 0.500. The molecule has 2 aliphatic rings. The van der Waals surface area contributed by atoms with Gasteiger partial charge in [-0.1, -0.05) is 12.1 Å². The van der Waals surface area contributed by atoms with Crippen LogP contribution >= 0.6 is 0 Å². The lowest BCUT2D eigenvalue weighted by molar-refractivity contribution is -0.152. The summed E-state index contributed by atoms with van der Waals surface area (Å²) in [6, 6.07) is 6.66. The van der Waals surface area contributed by atoms with Gasteiger partial charge in [-0.05, 0) is 32.9 Å². The van der Waals surface area contributed by atoms with Crippen LogP contribution in [0.2, 0.25) is 0 Å². The summed E-state index contributed by atoms with van der Waals surface area (Å²) >= 11 is 0. The van der Waals surface area contributed by atoms with E-state index in [1.807, 2.05) is 13.8 Å². The monoisotopic (exact) mass is 387 g/mol. The smallest absolute Gasteiger partial charge is 0.311 e. The SMILES string of the molecule is CC(C)N1CC(C(=O)OCC(=O)N2c3ccccc3NC(=O)CC2C)CC1=O. The third-order valence-electron chi connectivity index (χ3n) is 5.08. The van der Waals surface area contributed by atoms with Gasteiger partial charge in [0.2, 0.25) is 11.8 Å². The van der Waals surface area contributed by atoms with Gasteiger partial charge < -0.3 is 19.9 Å². The number of anilines is 2. The minimum absolute atomic E-state index is 0.0198. The van der Waals surface area contributed by atoms with Gasteiger partial charge in [-0.3, -0.25) is 19.2 Å². The van der Waals surface area contributed by atoms with Crippen LogP contribution in [0.15, 0.2) is 24.3 Å². The number of esters is 1. The molecule has 2 heterocycles. The molecular formula is C20H25N3O5. The average molecular weight is 387 g/mol. The molecule has 0 spiro atoms. The van der Waals surface area contributed by atoms with Crippen LogP contribution in [0.3, 0.4) is 0 Å². The second kappa shape index (κ2) is 8.00. The van der Waals surface area contributed by atoms with Gasteiger partial charge in [-0.15, -0.1) is 0 Å². The highest BCUT2D eigenvalue weighted by Crippen LogP contribution is 2.31. The van der Waals surface area contributed by atoms with Crippen molar-refractivity contribution in [2.24, 2.45) is 5.92 Å². The molecule has 3 amide bonds. The number of nitrogens with zero attached hydrogens (tertiary/aromatic N) is 2. The predicted octanol–water partition coefficient (Wildman–Crippen LogP) is 1.55. The van der Waals surface area contributed by atoms with E-state index in [9.17, 15) is 19.2 Å². The molecule has 2 atom stereocenters. The van der Waals surface area contributed by atoms with Gasteiger partial charge in [0.05, 0.1) is 17.3 Å². The van der Waals surface area contributed by atoms with E-state index in [0.29, 0.717) is 17.9 Å². The number of fused-ring (bicyclic) bond motifs is 1. The van der Waals surface area contributed by atoms with Crippen LogP contribution < -0.4 is 10.2 Å². The molecule has 2 unspecified atom stereocenters. The Bertz CT molecular complexity index is 807. The Morgan fingerprint density at radius 1 is 1.21 bits per heavy atom. The number of nitrogens with one attached hydrogen (secondary N) is 1. The Balaban J connectivity index is 1.67. The van der Waals surface area contributed by atoms with Crippen LogP contribution in [0.5, 0.6) is 0 Å². The molecule has 28 heavy (non-hydrogen) atoms. The molecular weight excluding hydrogens is 362 g/mol. The van der Waals surface area contributed by atoms with Crippen LogP contribution in [0.4, 0.5) is 11.4 Å². The maximum absolute atomic E-state index is 12.8. The lowest BCUT2D eigenvalue weighted by atomic mass is 10.1. The van der Waals surface area contributed by atoms with E-state index in [2.05, 4.69) is 5.32 Å². The molecule has 1 aromatic carbocycles. The normalized spacial score (nSPS) is 22.0. The fourth-order valence-electron chi connectivity index (χ4n) is 3.68. The van der Waals surface area contributed by atoms with Crippen molar-refractivity contribution in [2.45, 2.75) is 45.7 Å². The Labute approximate surface area is 163 Å². The van der Waals surface area contributed by atoms with E-state index in [-0.39, 0.29) is 36.7 Å². The average Bonchev–Trinajstić information content (AvgIpc) is 2.97. The molecule has 1 N–H and O–H groups in total. The van der Waals surface area contributed by atoms with E-state index < -0.39 is 24.4 Å². The second-order valence-corrected chi connectivity index (χ2v) is 7.53. The third kappa shape index (κ3) is 4.00. The zero-order valence-electron chi connectivity index (χ0n) is 16.3. The summed E-state index contributed by atoms with van der Waals surface area (Å²) in [6.45, 7) is 5.44. The Morgan fingerprint density at radius 2 is 1.93 bits per heavy atom. The van der Waals surface area contributed by atoms with Crippen molar-refractivity contribution in [1.29, 1.82) is 0 Å². The number of benzene rings is 1. The van der Waals surface area contributed by atoms with Crippen molar-refractivity contribution in [1.82, 2.24) is 4.90 Å². The molecule has 0 bridgehead atoms. The Kier molecular flexibility index (Phi) is 5.67. The van der Waals surface area contributed by atoms with Crippen LogP contribution in [0.25, 0.3) is 0 Å². The van der Waals surface area contributed by atoms with Gasteiger partial charge in [0.25, 0.3) is 5.91 Å². The van der Waals surface area contributed by atoms with Gasteiger partial charge in [0, 0.05) is 31.5 Å². The zero-order valence-corrected chi connectivity index (χ0v) is 16.3. The minimum atomic E-state index is -0.556. The third-order valence-corrected chi connectivity index (χ3v) is 5.08. The molecule has 0 aliphatic carbocycles. The first-order chi connectivity index (χ1) is 13.3. The van der Waals surface area contributed by atoms with Gasteiger partial charge in [-0.25, -0.2) is 0 Å². The van der Waals surface area contributed by atoms with Gasteiger partial charge in [-0.2, -0.15) is 0 Å². The molecule has 150 valence electrons. The quantitative estimate of drug-likeness (QED) is 0.791. The molecule has 0 aromatic heterocycles. The maximum atomic E-state index is 12.8. The van der Waals surface area contributed by atoms with E-state index in [4.69, 9.17) is 4.74 Å². The van der Waals surface area contributed by atoms with Gasteiger partial charge in [0.1, 0.15) is 0 Å². The number of hydrogen-bond donors (Lipinski definition) is 1. The summed E-state index contributed by atoms with van der Waals surface area (Å²) in [5, 5.41) is 2.78. The van der Waals surface area contributed by atoms with E-state index >= 15 is 0 Å². The highest BCUT2D eigenvalue weighted by Gasteiger charge is 2.37. The number of para-hydroxylation sites is 2. The van der Waals surface area contributed by atoms with Crippen LogP contribution in [0.1, 0.15) is 33.6 Å². The topological polar surface area (TPSA) is 96.0 Å². The lowest BCUT2D eigenvalue weighted by Gasteiger charge is -2.27. The number of amides is 3. The van der Waals surface area contributed by atoms with Crippen LogP contribution in [-0.4, -0.2) is 53.8 Å². The number of carbonyl (C=O) groups excluding carboxylic acids is 4. The van der Waals surface area contributed by atoms with Gasteiger partial charge in [0.15, 0.2) is 6.61 Å². The molecule has 8 heteroatoms. The van der Waals surface area contributed by atoms with Crippen molar-refractivity contribution >= 4 is 35.1 Å². The number of likely N-dealkylation sites (tertiary alicyclic amines) is 1. The number of hydrogen-bond acceptors (Lipinski definition) is 5. The summed E-state index contributed by atoms with van der Waals surface area (Å²) in [5.41, 5.74) is 1.12. The molecule has 1 aromatic rings. The number of ether oxygens (including phenoxy) is 1. The first kappa shape index (κ1) is 19.9. The lowest BCUT2D eigenvalue weighted by Crippen LogP contribution is -2.42. The highest BCUT2D eigenvalue weighted by atomic mass is 16.5. The zero-order chi connectivity index (χ0) is 20.4. The minimum Gasteiger partial charge on any atom is -0.455 e. The fourth-order valence-corrected chi connectivity index (χ4v) is 3.68. The molecule has 0 saturated carbocycles. The Morgan fingerprint density at radius 3 is 2.61 bits per heavy atom. The van der Waals surface area contributed by atoms with E-state index in [1.165, 1.54) is 4.90 Å². The molecule has 0 radical (unpaired) electrons. The number of carbonyl (C=O) groups is 4. The first-order valence-electron chi connectivity index (χ1n) is 9.45. The van der Waals surface area contributed by atoms with Crippen molar-refractivity contribution in [3.05, 3.63) is 24.3 Å². The standard InChI is InChI=1S/C20H25N3O5/c1-12(2)22-10-14(9-18(22)25)20(27)28-11-19(26)23-13(3)8-17(24)21-15-6-4-5-7-16(15)23/h4-7,12-14H,8-11H2,1-3H3,(H,21,24). The van der Waals surface area contributed by atoms with Crippen molar-refractivity contribution in [3.8, 4) is 0 Å². The first-order valence-corrected chi connectivity index (χ1v) is 9.45. The largest absolute Gasteiger partial charge is 0.455 e. The summed E-state index contributed by atoms with van der Waals surface area (Å²) in [5.74, 6) is -1.77. The molecule has 1 saturated heterocycles. The van der Waals surface area contributed by atoms with Crippen LogP contribution in [-0.2, 0) is 23.9 Å². The molecule has 3 rings (SSSR count). The summed E-state index contributed by atoms with van der Waals surface area (Å²) < 4.78 is 5.23. The summed E-state index contributed by atoms with van der Waals surface area (Å²) in [6.07, 6.45) is 0.251. The highest BCUT2D eigenvalue weighted by molar-refractivity contribution is 6.05. The van der Waals surface area contributed by atoms with E-state index in [0.717, 1.165) is 0 Å². The van der Waals surface area contributed by atoms with E-state index in [1.54, 1.807) is 36.1 Å². The maximum Gasteiger partial charge on any atom is 0.311 e. The molecule has 8 nitrogen and oxygen atoms in total. The van der Waals surface area contributed by atoms with Gasteiger partial charge >= 0.3 is 5.97 Å². The van der Waals surface area contributed by atoms with Crippen molar-refractivity contribution in [2.75, 3.05) is 23.4 Å². The van der Waals surface area contributed by atoms with Crippen LogP contribution in [0, 0.1) is 5.92 Å².